The minimum atomic E-state index is 0.141. The normalized spacial score (nSPS) is 40.9. The molecule has 0 amide bonds. The molecular formula is C13H27N. The Morgan fingerprint density at radius 1 is 1.43 bits per heavy atom. The van der Waals surface area contributed by atoms with E-state index in [1.54, 1.807) is 0 Å². The van der Waals surface area contributed by atoms with E-state index in [0.717, 1.165) is 11.8 Å². The van der Waals surface area contributed by atoms with Crippen molar-refractivity contribution in [2.75, 3.05) is 0 Å². The molecule has 1 fully saturated rings. The molecule has 0 aromatic heterocycles. The summed E-state index contributed by atoms with van der Waals surface area (Å²) >= 11 is 0. The van der Waals surface area contributed by atoms with Gasteiger partial charge in [-0.2, -0.15) is 0 Å². The van der Waals surface area contributed by atoms with Crippen molar-refractivity contribution < 1.29 is 0 Å². The van der Waals surface area contributed by atoms with Gasteiger partial charge in [0.05, 0.1) is 0 Å². The van der Waals surface area contributed by atoms with Gasteiger partial charge < -0.3 is 5.73 Å². The van der Waals surface area contributed by atoms with E-state index in [1.165, 1.54) is 32.1 Å². The lowest BCUT2D eigenvalue weighted by Crippen LogP contribution is -2.50. The van der Waals surface area contributed by atoms with Gasteiger partial charge in [-0.1, -0.05) is 34.1 Å². The van der Waals surface area contributed by atoms with Gasteiger partial charge >= 0.3 is 0 Å². The first kappa shape index (κ1) is 12.0. The first-order valence-corrected chi connectivity index (χ1v) is 6.26. The maximum atomic E-state index is 6.54. The Labute approximate surface area is 89.5 Å². The van der Waals surface area contributed by atoms with Crippen LogP contribution in [-0.2, 0) is 0 Å². The lowest BCUT2D eigenvalue weighted by atomic mass is 9.67. The quantitative estimate of drug-likeness (QED) is 0.735. The highest BCUT2D eigenvalue weighted by Crippen LogP contribution is 2.39. The first-order chi connectivity index (χ1) is 6.48. The standard InChI is InChI=1S/C13H27N/c1-5-10(2)9-13(14)7-6-11(3)8-12(13)4/h10-12H,5-9,14H2,1-4H3. The molecule has 1 rings (SSSR count). The van der Waals surface area contributed by atoms with E-state index >= 15 is 0 Å². The van der Waals surface area contributed by atoms with Gasteiger partial charge in [0.25, 0.3) is 0 Å². The summed E-state index contributed by atoms with van der Waals surface area (Å²) in [6.07, 6.45) is 6.38. The highest BCUT2D eigenvalue weighted by molar-refractivity contribution is 4.94. The predicted molar refractivity (Wildman–Crippen MR) is 63.2 cm³/mol. The predicted octanol–water partition coefficient (Wildman–Crippen LogP) is 3.58. The summed E-state index contributed by atoms with van der Waals surface area (Å²) in [6, 6.07) is 0. The maximum absolute atomic E-state index is 6.54. The van der Waals surface area contributed by atoms with E-state index in [9.17, 15) is 0 Å². The largest absolute Gasteiger partial charge is 0.325 e. The molecule has 0 aliphatic heterocycles. The highest BCUT2D eigenvalue weighted by Gasteiger charge is 2.37. The fraction of sp³-hybridized carbons (Fsp3) is 1.00. The van der Waals surface area contributed by atoms with Crippen LogP contribution in [0.3, 0.4) is 0 Å². The molecule has 0 heterocycles. The molecule has 1 heteroatoms. The van der Waals surface area contributed by atoms with E-state index in [2.05, 4.69) is 27.7 Å². The summed E-state index contributed by atoms with van der Waals surface area (Å²) in [4.78, 5) is 0. The summed E-state index contributed by atoms with van der Waals surface area (Å²) < 4.78 is 0. The Kier molecular flexibility index (Phi) is 4.00. The van der Waals surface area contributed by atoms with Crippen LogP contribution in [0.4, 0.5) is 0 Å². The molecule has 14 heavy (non-hydrogen) atoms. The van der Waals surface area contributed by atoms with Gasteiger partial charge in [-0.05, 0) is 43.4 Å². The van der Waals surface area contributed by atoms with Crippen molar-refractivity contribution in [1.29, 1.82) is 0 Å². The van der Waals surface area contributed by atoms with Crippen molar-refractivity contribution in [1.82, 2.24) is 0 Å². The molecule has 2 N–H and O–H groups in total. The van der Waals surface area contributed by atoms with Crippen LogP contribution < -0.4 is 5.73 Å². The third-order valence-electron chi connectivity index (χ3n) is 4.27. The number of rotatable bonds is 3. The third-order valence-corrected chi connectivity index (χ3v) is 4.27. The van der Waals surface area contributed by atoms with E-state index in [-0.39, 0.29) is 5.54 Å². The molecule has 1 aliphatic rings. The average Bonchev–Trinajstić information content (AvgIpc) is 2.12. The minimum Gasteiger partial charge on any atom is -0.325 e. The molecule has 4 unspecified atom stereocenters. The summed E-state index contributed by atoms with van der Waals surface area (Å²) in [5, 5.41) is 0. The van der Waals surface area contributed by atoms with Crippen molar-refractivity contribution >= 4 is 0 Å². The Morgan fingerprint density at radius 3 is 2.57 bits per heavy atom. The van der Waals surface area contributed by atoms with Gasteiger partial charge in [-0.25, -0.2) is 0 Å². The maximum Gasteiger partial charge on any atom is 0.0182 e. The molecule has 0 aromatic rings. The van der Waals surface area contributed by atoms with Crippen molar-refractivity contribution in [3.05, 3.63) is 0 Å². The topological polar surface area (TPSA) is 26.0 Å². The molecule has 0 bridgehead atoms. The second-order valence-corrected chi connectivity index (χ2v) is 5.73. The monoisotopic (exact) mass is 197 g/mol. The lowest BCUT2D eigenvalue weighted by molar-refractivity contribution is 0.136. The second kappa shape index (κ2) is 4.65. The third kappa shape index (κ3) is 2.73. The molecule has 0 aromatic carbocycles. The molecule has 0 spiro atoms. The van der Waals surface area contributed by atoms with Crippen LogP contribution in [0.2, 0.25) is 0 Å². The van der Waals surface area contributed by atoms with Gasteiger partial charge in [-0.15, -0.1) is 0 Å². The SMILES string of the molecule is CCC(C)CC1(N)CCC(C)CC1C. The number of hydrogen-bond donors (Lipinski definition) is 1. The van der Waals surface area contributed by atoms with Gasteiger partial charge in [-0.3, -0.25) is 0 Å². The summed E-state index contributed by atoms with van der Waals surface area (Å²) in [5.41, 5.74) is 6.68. The van der Waals surface area contributed by atoms with Crippen molar-refractivity contribution in [2.24, 2.45) is 23.5 Å². The number of hydrogen-bond acceptors (Lipinski definition) is 1. The second-order valence-electron chi connectivity index (χ2n) is 5.73. The molecule has 0 radical (unpaired) electrons. The Bertz CT molecular complexity index is 178. The van der Waals surface area contributed by atoms with Gasteiger partial charge in [0.2, 0.25) is 0 Å². The molecule has 1 aliphatic carbocycles. The zero-order valence-electron chi connectivity index (χ0n) is 10.3. The summed E-state index contributed by atoms with van der Waals surface area (Å²) in [5.74, 6) is 2.38. The van der Waals surface area contributed by atoms with Crippen LogP contribution in [0, 0.1) is 17.8 Å². The van der Waals surface area contributed by atoms with Crippen LogP contribution in [0.1, 0.15) is 59.8 Å². The smallest absolute Gasteiger partial charge is 0.0182 e. The highest BCUT2D eigenvalue weighted by atomic mass is 14.8. The van der Waals surface area contributed by atoms with E-state index in [4.69, 9.17) is 5.73 Å². The van der Waals surface area contributed by atoms with E-state index < -0.39 is 0 Å². The van der Waals surface area contributed by atoms with Crippen LogP contribution >= 0.6 is 0 Å². The molecule has 1 nitrogen and oxygen atoms in total. The van der Waals surface area contributed by atoms with Crippen LogP contribution in [0.15, 0.2) is 0 Å². The van der Waals surface area contributed by atoms with Crippen LogP contribution in [-0.4, -0.2) is 5.54 Å². The average molecular weight is 197 g/mol. The van der Waals surface area contributed by atoms with Crippen LogP contribution in [0.25, 0.3) is 0 Å². The Balaban J connectivity index is 2.55. The zero-order valence-corrected chi connectivity index (χ0v) is 10.3. The van der Waals surface area contributed by atoms with E-state index in [1.807, 2.05) is 0 Å². The molecule has 84 valence electrons. The molecule has 4 atom stereocenters. The molecule has 0 saturated heterocycles. The summed E-state index contributed by atoms with van der Waals surface area (Å²) in [6.45, 7) is 9.31. The molecular weight excluding hydrogens is 170 g/mol. The van der Waals surface area contributed by atoms with Crippen molar-refractivity contribution in [3.63, 3.8) is 0 Å². The Morgan fingerprint density at radius 2 is 2.07 bits per heavy atom. The van der Waals surface area contributed by atoms with Gasteiger partial charge in [0, 0.05) is 5.54 Å². The first-order valence-electron chi connectivity index (χ1n) is 6.26. The fourth-order valence-corrected chi connectivity index (χ4v) is 2.81. The minimum absolute atomic E-state index is 0.141. The summed E-state index contributed by atoms with van der Waals surface area (Å²) in [7, 11) is 0. The Hall–Kier alpha value is -0.0400. The number of nitrogens with two attached hydrogens (primary N) is 1. The van der Waals surface area contributed by atoms with E-state index in [0.29, 0.717) is 5.92 Å². The van der Waals surface area contributed by atoms with Gasteiger partial charge in [0.1, 0.15) is 0 Å². The van der Waals surface area contributed by atoms with Crippen molar-refractivity contribution in [3.8, 4) is 0 Å². The molecule has 1 saturated carbocycles. The van der Waals surface area contributed by atoms with Crippen LogP contribution in [0.5, 0.6) is 0 Å². The lowest BCUT2D eigenvalue weighted by Gasteiger charge is -2.43. The van der Waals surface area contributed by atoms with Crippen molar-refractivity contribution in [2.45, 2.75) is 65.3 Å². The van der Waals surface area contributed by atoms with Gasteiger partial charge in [0.15, 0.2) is 0 Å². The fourth-order valence-electron chi connectivity index (χ4n) is 2.81. The zero-order chi connectivity index (χ0) is 10.8.